The summed E-state index contributed by atoms with van der Waals surface area (Å²) in [5.74, 6) is 2.27. The number of para-hydroxylation sites is 1. The molecule has 2 aromatic carbocycles. The van der Waals surface area contributed by atoms with E-state index in [4.69, 9.17) is 9.47 Å². The first-order chi connectivity index (χ1) is 13.2. The molecule has 3 rings (SSSR count). The van der Waals surface area contributed by atoms with E-state index >= 15 is 0 Å². The number of halogens is 1. The second-order valence-electron chi connectivity index (χ2n) is 5.53. The van der Waals surface area contributed by atoms with Gasteiger partial charge < -0.3 is 14.8 Å². The molecule has 0 bridgehead atoms. The maximum Gasteiger partial charge on any atom is 0.214 e. The average molecular weight is 450 g/mol. The van der Waals surface area contributed by atoms with Crippen LogP contribution in [0.25, 0.3) is 5.69 Å². The Bertz CT molecular complexity index is 875. The number of ether oxygens (including phenoxy) is 2. The van der Waals surface area contributed by atoms with E-state index in [0.29, 0.717) is 18.0 Å². The van der Waals surface area contributed by atoms with Crippen LogP contribution < -0.4 is 14.8 Å². The van der Waals surface area contributed by atoms with Crippen LogP contribution in [0.2, 0.25) is 0 Å². The van der Waals surface area contributed by atoms with Crippen molar-refractivity contribution in [3.8, 4) is 17.2 Å². The highest BCUT2D eigenvalue weighted by Crippen LogP contribution is 2.33. The van der Waals surface area contributed by atoms with Gasteiger partial charge in [-0.25, -0.2) is 0 Å². The lowest BCUT2D eigenvalue weighted by Crippen LogP contribution is -2.17. The molecule has 0 radical (unpaired) electrons. The molecule has 9 heteroatoms. The molecule has 1 aromatic heterocycles. The standard InChI is InChI=1S/C18H20BrN5O2S/c1-25-16-10-13(15(19)11-17(16)26-2)12-20-8-9-27-18-21-22-23-24(18)14-6-4-3-5-7-14/h3-7,10-11,20H,8-9,12H2,1-2H3. The van der Waals surface area contributed by atoms with Crippen molar-refractivity contribution in [1.29, 1.82) is 0 Å². The topological polar surface area (TPSA) is 74.1 Å². The Morgan fingerprint density at radius 1 is 1.11 bits per heavy atom. The van der Waals surface area contributed by atoms with Gasteiger partial charge >= 0.3 is 0 Å². The summed E-state index contributed by atoms with van der Waals surface area (Å²) in [6.07, 6.45) is 0. The van der Waals surface area contributed by atoms with E-state index < -0.39 is 0 Å². The first-order valence-electron chi connectivity index (χ1n) is 8.30. The van der Waals surface area contributed by atoms with Gasteiger partial charge in [-0.3, -0.25) is 0 Å². The maximum absolute atomic E-state index is 5.36. The monoisotopic (exact) mass is 449 g/mol. The number of tetrazole rings is 1. The van der Waals surface area contributed by atoms with Crippen LogP contribution in [0.4, 0.5) is 0 Å². The predicted octanol–water partition coefficient (Wildman–Crippen LogP) is 3.32. The van der Waals surface area contributed by atoms with Crippen LogP contribution in [-0.2, 0) is 6.54 Å². The van der Waals surface area contributed by atoms with Crippen LogP contribution in [0.1, 0.15) is 5.56 Å². The molecule has 0 aliphatic heterocycles. The summed E-state index contributed by atoms with van der Waals surface area (Å²) in [4.78, 5) is 0. The summed E-state index contributed by atoms with van der Waals surface area (Å²) >= 11 is 5.19. The van der Waals surface area contributed by atoms with E-state index in [0.717, 1.165) is 33.2 Å². The summed E-state index contributed by atoms with van der Waals surface area (Å²) in [6.45, 7) is 1.53. The molecule has 27 heavy (non-hydrogen) atoms. The average Bonchev–Trinajstić information content (AvgIpc) is 3.17. The van der Waals surface area contributed by atoms with Gasteiger partial charge in [0.2, 0.25) is 5.16 Å². The number of rotatable bonds is 9. The highest BCUT2D eigenvalue weighted by molar-refractivity contribution is 9.10. The fourth-order valence-electron chi connectivity index (χ4n) is 2.47. The van der Waals surface area contributed by atoms with Crippen molar-refractivity contribution in [1.82, 2.24) is 25.5 Å². The van der Waals surface area contributed by atoms with Crippen molar-refractivity contribution in [2.24, 2.45) is 0 Å². The molecule has 0 atom stereocenters. The first-order valence-corrected chi connectivity index (χ1v) is 10.1. The van der Waals surface area contributed by atoms with Crippen LogP contribution in [0.3, 0.4) is 0 Å². The van der Waals surface area contributed by atoms with Crippen molar-refractivity contribution >= 4 is 27.7 Å². The molecule has 142 valence electrons. The molecule has 0 saturated carbocycles. The summed E-state index contributed by atoms with van der Waals surface area (Å²) in [6, 6.07) is 13.7. The number of hydrogen-bond acceptors (Lipinski definition) is 7. The van der Waals surface area contributed by atoms with Crippen molar-refractivity contribution in [2.75, 3.05) is 26.5 Å². The zero-order chi connectivity index (χ0) is 19.1. The third-order valence-corrected chi connectivity index (χ3v) is 5.48. The molecule has 3 aromatic rings. The van der Waals surface area contributed by atoms with Gasteiger partial charge in [0.25, 0.3) is 0 Å². The number of nitrogens with zero attached hydrogens (tertiary/aromatic N) is 4. The van der Waals surface area contributed by atoms with E-state index in [9.17, 15) is 0 Å². The van der Waals surface area contributed by atoms with Crippen molar-refractivity contribution < 1.29 is 9.47 Å². The van der Waals surface area contributed by atoms with Gasteiger partial charge in [0.05, 0.1) is 19.9 Å². The van der Waals surface area contributed by atoms with Crippen LogP contribution >= 0.6 is 27.7 Å². The smallest absolute Gasteiger partial charge is 0.214 e. The molecule has 1 N–H and O–H groups in total. The van der Waals surface area contributed by atoms with E-state index in [1.807, 2.05) is 42.5 Å². The summed E-state index contributed by atoms with van der Waals surface area (Å²) < 4.78 is 13.4. The number of nitrogens with one attached hydrogen (secondary N) is 1. The highest BCUT2D eigenvalue weighted by atomic mass is 79.9. The summed E-state index contributed by atoms with van der Waals surface area (Å²) in [5.41, 5.74) is 2.05. The van der Waals surface area contributed by atoms with E-state index in [1.165, 1.54) is 0 Å². The lowest BCUT2D eigenvalue weighted by molar-refractivity contribution is 0.354. The lowest BCUT2D eigenvalue weighted by atomic mass is 10.2. The molecular weight excluding hydrogens is 430 g/mol. The molecule has 0 spiro atoms. The number of thioether (sulfide) groups is 1. The largest absolute Gasteiger partial charge is 0.493 e. The van der Waals surface area contributed by atoms with E-state index in [-0.39, 0.29) is 0 Å². The van der Waals surface area contributed by atoms with Gasteiger partial charge in [-0.15, -0.1) is 5.10 Å². The van der Waals surface area contributed by atoms with Crippen molar-refractivity contribution in [3.63, 3.8) is 0 Å². The van der Waals surface area contributed by atoms with Crippen LogP contribution in [0.5, 0.6) is 11.5 Å². The van der Waals surface area contributed by atoms with Crippen LogP contribution in [-0.4, -0.2) is 46.7 Å². The van der Waals surface area contributed by atoms with Crippen LogP contribution in [0, 0.1) is 0 Å². The van der Waals surface area contributed by atoms with Gasteiger partial charge in [-0.05, 0) is 40.3 Å². The quantitative estimate of drug-likeness (QED) is 0.396. The van der Waals surface area contributed by atoms with Gasteiger partial charge in [0, 0.05) is 23.3 Å². The molecular formula is C18H20BrN5O2S. The minimum absolute atomic E-state index is 0.705. The Balaban J connectivity index is 1.52. The van der Waals surface area contributed by atoms with E-state index in [2.05, 4.69) is 36.8 Å². The molecule has 1 heterocycles. The number of benzene rings is 2. The fourth-order valence-corrected chi connectivity index (χ4v) is 3.72. The molecule has 0 amide bonds. The Morgan fingerprint density at radius 2 is 1.85 bits per heavy atom. The Labute approximate surface area is 170 Å². The van der Waals surface area contributed by atoms with Crippen molar-refractivity contribution in [3.05, 3.63) is 52.5 Å². The third kappa shape index (κ3) is 5.00. The molecule has 7 nitrogen and oxygen atoms in total. The maximum atomic E-state index is 5.36. The van der Waals surface area contributed by atoms with Gasteiger partial charge in [0.15, 0.2) is 11.5 Å². The fraction of sp³-hybridized carbons (Fsp3) is 0.278. The van der Waals surface area contributed by atoms with Gasteiger partial charge in [-0.1, -0.05) is 45.9 Å². The Hall–Kier alpha value is -2.10. The molecule has 0 aliphatic rings. The number of hydrogen-bond donors (Lipinski definition) is 1. The summed E-state index contributed by atoms with van der Waals surface area (Å²) in [5, 5.41) is 16.1. The number of methoxy groups -OCH3 is 2. The normalized spacial score (nSPS) is 10.8. The lowest BCUT2D eigenvalue weighted by Gasteiger charge is -2.12. The second-order valence-corrected chi connectivity index (χ2v) is 7.45. The van der Waals surface area contributed by atoms with Crippen molar-refractivity contribution in [2.45, 2.75) is 11.7 Å². The van der Waals surface area contributed by atoms with E-state index in [1.54, 1.807) is 30.7 Å². The van der Waals surface area contributed by atoms with Crippen LogP contribution in [0.15, 0.2) is 52.1 Å². The summed E-state index contributed by atoms with van der Waals surface area (Å²) in [7, 11) is 3.26. The molecule has 0 fully saturated rings. The SMILES string of the molecule is COc1cc(Br)c(CNCCSc2nnnn2-c2ccccc2)cc1OC. The Kier molecular flexibility index (Phi) is 7.08. The third-order valence-electron chi connectivity index (χ3n) is 3.82. The minimum Gasteiger partial charge on any atom is -0.493 e. The van der Waals surface area contributed by atoms with Gasteiger partial charge in [-0.2, -0.15) is 4.68 Å². The Morgan fingerprint density at radius 3 is 2.59 bits per heavy atom. The van der Waals surface area contributed by atoms with Gasteiger partial charge in [0.1, 0.15) is 0 Å². The molecule has 0 saturated heterocycles. The molecule has 0 aliphatic carbocycles. The number of aromatic nitrogens is 4. The zero-order valence-electron chi connectivity index (χ0n) is 15.1. The second kappa shape index (κ2) is 9.72. The first kappa shape index (κ1) is 19.7. The highest BCUT2D eigenvalue weighted by Gasteiger charge is 2.10. The predicted molar refractivity (Wildman–Crippen MR) is 109 cm³/mol. The zero-order valence-corrected chi connectivity index (χ0v) is 17.5. The minimum atomic E-state index is 0.705. The molecule has 0 unspecified atom stereocenters.